The van der Waals surface area contributed by atoms with Gasteiger partial charge in [0.05, 0.1) is 31.1 Å². The van der Waals surface area contributed by atoms with Crippen LogP contribution in [0.3, 0.4) is 0 Å². The molecule has 23 heavy (non-hydrogen) atoms. The highest BCUT2D eigenvalue weighted by atomic mass is 35.5. The zero-order chi connectivity index (χ0) is 16.2. The fourth-order valence-electron chi connectivity index (χ4n) is 2.93. The second-order valence-corrected chi connectivity index (χ2v) is 6.25. The van der Waals surface area contributed by atoms with E-state index in [9.17, 15) is 10.1 Å². The molecule has 1 aliphatic heterocycles. The van der Waals surface area contributed by atoms with Crippen molar-refractivity contribution in [2.24, 2.45) is 0 Å². The molecule has 0 radical (unpaired) electrons. The predicted octanol–water partition coefficient (Wildman–Crippen LogP) is 2.15. The summed E-state index contributed by atoms with van der Waals surface area (Å²) in [6.45, 7) is 5.03. The number of anilines is 1. The molecule has 0 aromatic heterocycles. The number of non-ortho nitro benzene ring substituents is 1. The predicted molar refractivity (Wildman–Crippen MR) is 91.2 cm³/mol. The number of quaternary nitrogens is 1. The Morgan fingerprint density at radius 3 is 2.22 bits per heavy atom. The minimum absolute atomic E-state index is 0.140. The van der Waals surface area contributed by atoms with Crippen molar-refractivity contribution in [3.63, 3.8) is 0 Å². The summed E-state index contributed by atoms with van der Waals surface area (Å²) in [6, 6.07) is 14.8. The van der Waals surface area contributed by atoms with E-state index in [1.807, 2.05) is 24.3 Å². The van der Waals surface area contributed by atoms with Gasteiger partial charge in [-0.25, -0.2) is 0 Å². The van der Waals surface area contributed by atoms with Crippen molar-refractivity contribution in [3.8, 4) is 0 Å². The average Bonchev–Trinajstić information content (AvgIpc) is 2.58. The number of halogens is 1. The number of nitro benzene ring substituents is 1. The lowest BCUT2D eigenvalue weighted by Crippen LogP contribution is -3.13. The maximum Gasteiger partial charge on any atom is 0.269 e. The van der Waals surface area contributed by atoms with E-state index in [2.05, 4.69) is 17.0 Å². The number of piperazine rings is 1. The monoisotopic (exact) mass is 332 g/mol. The fourth-order valence-corrected chi connectivity index (χ4v) is 3.06. The van der Waals surface area contributed by atoms with Gasteiger partial charge in [-0.1, -0.05) is 23.7 Å². The lowest BCUT2D eigenvalue weighted by molar-refractivity contribution is -0.914. The molecule has 120 valence electrons. The first kappa shape index (κ1) is 15.8. The second kappa shape index (κ2) is 6.98. The molecule has 0 spiro atoms. The normalized spacial score (nSPS) is 15.6. The summed E-state index contributed by atoms with van der Waals surface area (Å²) in [5.41, 5.74) is 2.50. The van der Waals surface area contributed by atoms with Crippen molar-refractivity contribution in [1.82, 2.24) is 0 Å². The van der Waals surface area contributed by atoms with Crippen LogP contribution >= 0.6 is 11.6 Å². The number of nitro groups is 1. The molecule has 1 saturated heterocycles. The number of hydrogen-bond acceptors (Lipinski definition) is 3. The average molecular weight is 333 g/mol. The SMILES string of the molecule is O=[N+]([O-])c1ccc(N2CC[NH+](Cc3ccc(Cl)cc3)CC2)cc1. The van der Waals surface area contributed by atoms with Crippen molar-refractivity contribution < 1.29 is 9.82 Å². The quantitative estimate of drug-likeness (QED) is 0.689. The Balaban J connectivity index is 1.55. The lowest BCUT2D eigenvalue weighted by atomic mass is 10.2. The molecule has 0 unspecified atom stereocenters. The van der Waals surface area contributed by atoms with E-state index in [1.54, 1.807) is 17.0 Å². The van der Waals surface area contributed by atoms with E-state index in [1.165, 1.54) is 5.56 Å². The number of nitrogens with one attached hydrogen (secondary N) is 1. The van der Waals surface area contributed by atoms with E-state index >= 15 is 0 Å². The molecule has 1 fully saturated rings. The Kier molecular flexibility index (Phi) is 4.79. The summed E-state index contributed by atoms with van der Waals surface area (Å²) in [4.78, 5) is 14.2. The minimum Gasteiger partial charge on any atom is -0.360 e. The van der Waals surface area contributed by atoms with Crippen LogP contribution in [0.5, 0.6) is 0 Å². The van der Waals surface area contributed by atoms with Gasteiger partial charge in [-0.05, 0) is 24.3 Å². The van der Waals surface area contributed by atoms with E-state index in [4.69, 9.17) is 11.6 Å². The lowest BCUT2D eigenvalue weighted by Gasteiger charge is -2.33. The molecule has 0 bridgehead atoms. The molecule has 1 N–H and O–H groups in total. The number of rotatable bonds is 4. The largest absolute Gasteiger partial charge is 0.360 e. The smallest absolute Gasteiger partial charge is 0.269 e. The van der Waals surface area contributed by atoms with Crippen molar-refractivity contribution >= 4 is 23.0 Å². The molecule has 0 saturated carbocycles. The Labute approximate surface area is 140 Å². The fraction of sp³-hybridized carbons (Fsp3) is 0.294. The third kappa shape index (κ3) is 4.00. The highest BCUT2D eigenvalue weighted by Crippen LogP contribution is 2.19. The van der Waals surface area contributed by atoms with Gasteiger partial charge in [0, 0.05) is 28.4 Å². The molecule has 0 atom stereocenters. The van der Waals surface area contributed by atoms with Crippen LogP contribution in [-0.2, 0) is 6.54 Å². The van der Waals surface area contributed by atoms with E-state index in [0.717, 1.165) is 43.4 Å². The zero-order valence-electron chi connectivity index (χ0n) is 12.7. The third-order valence-electron chi connectivity index (χ3n) is 4.26. The summed E-state index contributed by atoms with van der Waals surface area (Å²) < 4.78 is 0. The van der Waals surface area contributed by atoms with Gasteiger partial charge in [-0.2, -0.15) is 0 Å². The second-order valence-electron chi connectivity index (χ2n) is 5.81. The van der Waals surface area contributed by atoms with Gasteiger partial charge < -0.3 is 9.80 Å². The van der Waals surface area contributed by atoms with Crippen LogP contribution in [0.1, 0.15) is 5.56 Å². The molecule has 5 nitrogen and oxygen atoms in total. The Bertz CT molecular complexity index is 665. The maximum absolute atomic E-state index is 10.7. The van der Waals surface area contributed by atoms with Crippen LogP contribution in [0.4, 0.5) is 11.4 Å². The Morgan fingerprint density at radius 1 is 1.04 bits per heavy atom. The number of hydrogen-bond donors (Lipinski definition) is 1. The number of benzene rings is 2. The third-order valence-corrected chi connectivity index (χ3v) is 4.52. The van der Waals surface area contributed by atoms with Gasteiger partial charge in [-0.3, -0.25) is 10.1 Å². The van der Waals surface area contributed by atoms with Crippen LogP contribution in [0.15, 0.2) is 48.5 Å². The molecule has 1 aliphatic rings. The van der Waals surface area contributed by atoms with Crippen molar-refractivity contribution in [1.29, 1.82) is 0 Å². The summed E-state index contributed by atoms with van der Waals surface area (Å²) in [5, 5.41) is 11.5. The van der Waals surface area contributed by atoms with Crippen LogP contribution < -0.4 is 9.80 Å². The molecule has 1 heterocycles. The zero-order valence-corrected chi connectivity index (χ0v) is 13.5. The molecule has 3 rings (SSSR count). The molecule has 0 aliphatic carbocycles. The van der Waals surface area contributed by atoms with Crippen molar-refractivity contribution in [3.05, 3.63) is 69.2 Å². The van der Waals surface area contributed by atoms with Crippen LogP contribution in [-0.4, -0.2) is 31.1 Å². The van der Waals surface area contributed by atoms with Crippen LogP contribution in [0.25, 0.3) is 0 Å². The molecule has 0 amide bonds. The van der Waals surface area contributed by atoms with Gasteiger partial charge in [0.15, 0.2) is 0 Å². The first-order valence-electron chi connectivity index (χ1n) is 7.69. The van der Waals surface area contributed by atoms with Crippen molar-refractivity contribution in [2.75, 3.05) is 31.1 Å². The van der Waals surface area contributed by atoms with E-state index in [-0.39, 0.29) is 10.6 Å². The Morgan fingerprint density at radius 2 is 1.65 bits per heavy atom. The summed E-state index contributed by atoms with van der Waals surface area (Å²) in [5.74, 6) is 0. The highest BCUT2D eigenvalue weighted by Gasteiger charge is 2.20. The maximum atomic E-state index is 10.7. The topological polar surface area (TPSA) is 50.8 Å². The Hall–Kier alpha value is -2.11. The van der Waals surface area contributed by atoms with Crippen LogP contribution in [0.2, 0.25) is 5.02 Å². The van der Waals surface area contributed by atoms with Gasteiger partial charge in [-0.15, -0.1) is 0 Å². The first-order chi connectivity index (χ1) is 11.1. The van der Waals surface area contributed by atoms with Crippen molar-refractivity contribution in [2.45, 2.75) is 6.54 Å². The van der Waals surface area contributed by atoms with Gasteiger partial charge in [0.25, 0.3) is 5.69 Å². The summed E-state index contributed by atoms with van der Waals surface area (Å²) in [6.07, 6.45) is 0. The van der Waals surface area contributed by atoms with E-state index in [0.29, 0.717) is 0 Å². The standard InChI is InChI=1S/C17H18ClN3O2/c18-15-3-1-14(2-4-15)13-19-9-11-20(12-10-19)16-5-7-17(8-6-16)21(22)23/h1-8H,9-13H2/p+1. The van der Waals surface area contributed by atoms with Gasteiger partial charge in [0.1, 0.15) is 6.54 Å². The van der Waals surface area contributed by atoms with Crippen LogP contribution in [0, 0.1) is 10.1 Å². The first-order valence-corrected chi connectivity index (χ1v) is 8.07. The van der Waals surface area contributed by atoms with Gasteiger partial charge >= 0.3 is 0 Å². The summed E-state index contributed by atoms with van der Waals surface area (Å²) in [7, 11) is 0. The van der Waals surface area contributed by atoms with Gasteiger partial charge in [0.2, 0.25) is 0 Å². The molecule has 2 aromatic carbocycles. The molecular weight excluding hydrogens is 314 g/mol. The molecule has 2 aromatic rings. The minimum atomic E-state index is -0.363. The molecule has 6 heteroatoms. The number of nitrogens with zero attached hydrogens (tertiary/aromatic N) is 2. The molecular formula is C17H19ClN3O2+. The summed E-state index contributed by atoms with van der Waals surface area (Å²) >= 11 is 5.92. The highest BCUT2D eigenvalue weighted by molar-refractivity contribution is 6.30. The van der Waals surface area contributed by atoms with E-state index < -0.39 is 0 Å².